The average Bonchev–Trinajstić information content (AvgIpc) is 3.51. The summed E-state index contributed by atoms with van der Waals surface area (Å²) in [6.07, 6.45) is 5.93. The molecule has 8 heteroatoms. The van der Waals surface area contributed by atoms with Gasteiger partial charge in [-0.25, -0.2) is 0 Å². The number of carbonyl (C=O) groups is 3. The van der Waals surface area contributed by atoms with Crippen molar-refractivity contribution >= 4 is 28.9 Å². The second kappa shape index (κ2) is 16.3. The van der Waals surface area contributed by atoms with E-state index in [4.69, 9.17) is 4.74 Å². The number of ether oxygens (including phenoxy) is 1. The second-order valence-corrected chi connectivity index (χ2v) is 14.7. The van der Waals surface area contributed by atoms with E-state index in [9.17, 15) is 19.5 Å². The van der Waals surface area contributed by atoms with Crippen LogP contribution >= 0.6 is 0 Å². The summed E-state index contributed by atoms with van der Waals surface area (Å²) < 4.78 is 6.17. The van der Waals surface area contributed by atoms with Gasteiger partial charge in [0.2, 0.25) is 11.8 Å². The molecule has 1 saturated carbocycles. The smallest absolute Gasteiger partial charge is 0.255 e. The Labute approximate surface area is 312 Å². The number of likely N-dealkylation sites (N-methyl/N-ethyl adjacent to an activating group) is 1. The first-order valence-corrected chi connectivity index (χ1v) is 19.0. The number of nitrogens with zero attached hydrogens (tertiary/aromatic N) is 2. The standard InChI is InChI=1S/C45H49N3O5/c1-3-39(32-7-5-4-6-8-32)43(34-15-20-38(49)21-16-34)33-11-9-30(10-12-33)29-53-26-25-47(2)37-18-13-31(14-19-37)35-17-22-40-36(27-35)28-48(45(40)52)41-23-24-42(50)46-44(41)51/h4-12,15-17,20-22,27,31,37,41,49H,3,13-14,18-19,23-26,28-29H2,1-2H3,(H,46,50,51)/b43-39+. The van der Waals surface area contributed by atoms with E-state index in [0.717, 1.165) is 60.9 Å². The molecule has 4 aromatic carbocycles. The fourth-order valence-corrected chi connectivity index (χ4v) is 8.35. The first-order chi connectivity index (χ1) is 25.8. The highest BCUT2D eigenvalue weighted by Crippen LogP contribution is 2.38. The summed E-state index contributed by atoms with van der Waals surface area (Å²) in [5, 5.41) is 12.3. The maximum Gasteiger partial charge on any atom is 0.255 e. The molecule has 0 radical (unpaired) electrons. The number of phenols is 1. The Balaban J connectivity index is 0.897. The van der Waals surface area contributed by atoms with Crippen LogP contribution in [0.15, 0.2) is 97.1 Å². The Hall–Kier alpha value is -5.05. The third-order valence-corrected chi connectivity index (χ3v) is 11.4. The SMILES string of the molecule is CC/C(=C(\c1ccc(O)cc1)c1ccc(COCCN(C)C2CCC(c3ccc4c(c3)CN(C3CCC(=O)NC3=O)C4=O)CC2)cc1)c1ccccc1. The molecule has 3 amide bonds. The molecular weight excluding hydrogens is 663 g/mol. The van der Waals surface area contributed by atoms with Crippen molar-refractivity contribution < 1.29 is 24.2 Å². The highest BCUT2D eigenvalue weighted by atomic mass is 16.5. The number of allylic oxidation sites excluding steroid dienone is 1. The van der Waals surface area contributed by atoms with Gasteiger partial charge < -0.3 is 19.6 Å². The van der Waals surface area contributed by atoms with Crippen LogP contribution in [0.25, 0.3) is 11.1 Å². The Morgan fingerprint density at radius 1 is 0.849 bits per heavy atom. The molecule has 0 bridgehead atoms. The summed E-state index contributed by atoms with van der Waals surface area (Å²) in [5.74, 6) is -0.0485. The van der Waals surface area contributed by atoms with Crippen LogP contribution in [0.5, 0.6) is 5.75 Å². The lowest BCUT2D eigenvalue weighted by Crippen LogP contribution is -2.52. The van der Waals surface area contributed by atoms with Gasteiger partial charge >= 0.3 is 0 Å². The summed E-state index contributed by atoms with van der Waals surface area (Å²) >= 11 is 0. The molecule has 4 aromatic rings. The zero-order valence-corrected chi connectivity index (χ0v) is 30.7. The van der Waals surface area contributed by atoms with Crippen LogP contribution in [0.2, 0.25) is 0 Å². The fraction of sp³-hybridized carbons (Fsp3) is 0.356. The minimum atomic E-state index is -0.584. The molecule has 1 aliphatic carbocycles. The topological polar surface area (TPSA) is 99.2 Å². The molecule has 53 heavy (non-hydrogen) atoms. The first-order valence-electron chi connectivity index (χ1n) is 19.0. The molecule has 3 aliphatic rings. The first kappa shape index (κ1) is 36.3. The van der Waals surface area contributed by atoms with Crippen LogP contribution in [0.4, 0.5) is 0 Å². The number of phenolic OH excluding ortho intramolecular Hbond substituents is 1. The minimum Gasteiger partial charge on any atom is -0.508 e. The Kier molecular flexibility index (Phi) is 11.2. The summed E-state index contributed by atoms with van der Waals surface area (Å²) in [6.45, 7) is 4.69. The molecule has 1 atom stereocenters. The van der Waals surface area contributed by atoms with Crippen molar-refractivity contribution in [1.82, 2.24) is 15.1 Å². The van der Waals surface area contributed by atoms with Crippen LogP contribution in [-0.2, 0) is 27.5 Å². The van der Waals surface area contributed by atoms with Crippen LogP contribution in [0.3, 0.4) is 0 Å². The summed E-state index contributed by atoms with van der Waals surface area (Å²) in [4.78, 5) is 41.2. The fourth-order valence-electron chi connectivity index (χ4n) is 8.35. The molecule has 2 fully saturated rings. The molecule has 7 rings (SSSR count). The molecular formula is C45H49N3O5. The molecule has 1 saturated heterocycles. The normalized spacial score (nSPS) is 20.7. The molecule has 8 nitrogen and oxygen atoms in total. The van der Waals surface area contributed by atoms with Crippen LogP contribution in [-0.4, -0.2) is 64.9 Å². The van der Waals surface area contributed by atoms with Gasteiger partial charge in [-0.15, -0.1) is 0 Å². The third kappa shape index (κ3) is 8.14. The third-order valence-electron chi connectivity index (χ3n) is 11.4. The van der Waals surface area contributed by atoms with Crippen molar-refractivity contribution in [2.45, 2.75) is 83.0 Å². The molecule has 2 heterocycles. The number of rotatable bonds is 12. The van der Waals surface area contributed by atoms with Gasteiger partial charge in [-0.3, -0.25) is 19.7 Å². The molecule has 0 spiro atoms. The van der Waals surface area contributed by atoms with Crippen LogP contribution < -0.4 is 5.32 Å². The lowest BCUT2D eigenvalue weighted by Gasteiger charge is -2.35. The Morgan fingerprint density at radius 2 is 1.55 bits per heavy atom. The van der Waals surface area contributed by atoms with Crippen molar-refractivity contribution in [3.05, 3.63) is 136 Å². The number of hydrogen-bond acceptors (Lipinski definition) is 6. The number of piperidine rings is 1. The molecule has 2 aliphatic heterocycles. The monoisotopic (exact) mass is 711 g/mol. The predicted molar refractivity (Wildman–Crippen MR) is 207 cm³/mol. The van der Waals surface area contributed by atoms with Gasteiger partial charge in [-0.05, 0) is 114 Å². The highest BCUT2D eigenvalue weighted by Gasteiger charge is 2.39. The predicted octanol–water partition coefficient (Wildman–Crippen LogP) is 7.70. The van der Waals surface area contributed by atoms with Gasteiger partial charge in [0.15, 0.2) is 0 Å². The van der Waals surface area contributed by atoms with Crippen molar-refractivity contribution in [2.24, 2.45) is 0 Å². The number of hydrogen-bond donors (Lipinski definition) is 2. The van der Waals surface area contributed by atoms with Gasteiger partial charge in [0.25, 0.3) is 5.91 Å². The van der Waals surface area contributed by atoms with Crippen molar-refractivity contribution in [2.75, 3.05) is 20.2 Å². The maximum absolute atomic E-state index is 13.1. The van der Waals surface area contributed by atoms with Gasteiger partial charge in [-0.2, -0.15) is 0 Å². The maximum atomic E-state index is 13.1. The number of carbonyl (C=O) groups excluding carboxylic acids is 3. The van der Waals surface area contributed by atoms with Crippen molar-refractivity contribution in [3.8, 4) is 5.75 Å². The van der Waals surface area contributed by atoms with Crippen LogP contribution in [0.1, 0.15) is 102 Å². The van der Waals surface area contributed by atoms with E-state index < -0.39 is 6.04 Å². The van der Waals surface area contributed by atoms with Gasteiger partial charge in [-0.1, -0.05) is 85.8 Å². The van der Waals surface area contributed by atoms with E-state index >= 15 is 0 Å². The molecule has 2 N–H and O–H groups in total. The summed E-state index contributed by atoms with van der Waals surface area (Å²) in [5.41, 5.74) is 9.91. The summed E-state index contributed by atoms with van der Waals surface area (Å²) in [6, 6.07) is 32.8. The lowest BCUT2D eigenvalue weighted by molar-refractivity contribution is -0.136. The molecule has 1 unspecified atom stereocenters. The van der Waals surface area contributed by atoms with Gasteiger partial charge in [0.05, 0.1) is 13.2 Å². The van der Waals surface area contributed by atoms with E-state index in [1.54, 1.807) is 17.0 Å². The number of aromatic hydroxyl groups is 1. The summed E-state index contributed by atoms with van der Waals surface area (Å²) in [7, 11) is 2.20. The van der Waals surface area contributed by atoms with E-state index in [1.807, 2.05) is 24.3 Å². The van der Waals surface area contributed by atoms with Crippen molar-refractivity contribution in [3.63, 3.8) is 0 Å². The zero-order chi connectivity index (χ0) is 36.9. The Morgan fingerprint density at radius 3 is 2.23 bits per heavy atom. The second-order valence-electron chi connectivity index (χ2n) is 14.7. The molecule has 0 aromatic heterocycles. The van der Waals surface area contributed by atoms with Crippen molar-refractivity contribution in [1.29, 1.82) is 0 Å². The number of fused-ring (bicyclic) bond motifs is 1. The number of imide groups is 1. The zero-order valence-electron chi connectivity index (χ0n) is 30.7. The van der Waals surface area contributed by atoms with E-state index in [-0.39, 0.29) is 29.9 Å². The number of amides is 3. The highest BCUT2D eigenvalue weighted by molar-refractivity contribution is 6.05. The molecule has 274 valence electrons. The van der Waals surface area contributed by atoms with Crippen LogP contribution in [0, 0.1) is 0 Å². The van der Waals surface area contributed by atoms with E-state index in [2.05, 4.69) is 84.9 Å². The van der Waals surface area contributed by atoms with Gasteiger partial charge in [0, 0.05) is 31.1 Å². The Bertz CT molecular complexity index is 1960. The van der Waals surface area contributed by atoms with E-state index in [0.29, 0.717) is 43.7 Å². The largest absolute Gasteiger partial charge is 0.508 e. The quantitative estimate of drug-likeness (QED) is 0.0889. The minimum absolute atomic E-state index is 0.119. The average molecular weight is 712 g/mol. The number of nitrogens with one attached hydrogen (secondary N) is 1. The van der Waals surface area contributed by atoms with E-state index in [1.165, 1.54) is 22.3 Å². The van der Waals surface area contributed by atoms with Gasteiger partial charge in [0.1, 0.15) is 11.8 Å². The lowest BCUT2D eigenvalue weighted by atomic mass is 9.80. The number of benzene rings is 4.